The molecule has 7 nitrogen and oxygen atoms in total. The highest BCUT2D eigenvalue weighted by atomic mass is 16.5. The van der Waals surface area contributed by atoms with E-state index in [1.165, 1.54) is 0 Å². The Morgan fingerprint density at radius 1 is 1.30 bits per heavy atom. The van der Waals surface area contributed by atoms with Crippen LogP contribution >= 0.6 is 0 Å². The molecule has 1 unspecified atom stereocenters. The Morgan fingerprint density at radius 3 is 2.63 bits per heavy atom. The molecule has 158 valence electrons. The van der Waals surface area contributed by atoms with E-state index in [0.717, 1.165) is 22.8 Å². The van der Waals surface area contributed by atoms with E-state index in [1.54, 1.807) is 24.3 Å². The first-order chi connectivity index (χ1) is 14.5. The minimum absolute atomic E-state index is 0.168. The van der Waals surface area contributed by atoms with Crippen molar-refractivity contribution in [3.63, 3.8) is 0 Å². The molecule has 3 heterocycles. The van der Waals surface area contributed by atoms with E-state index in [4.69, 9.17) is 4.74 Å². The number of methoxy groups -OCH3 is 1. The average Bonchev–Trinajstić information content (AvgIpc) is 3.05. The summed E-state index contributed by atoms with van der Waals surface area (Å²) in [5, 5.41) is 9.67. The van der Waals surface area contributed by atoms with E-state index in [-0.39, 0.29) is 17.5 Å². The molecule has 0 radical (unpaired) electrons. The van der Waals surface area contributed by atoms with Gasteiger partial charge in [-0.3, -0.25) is 4.79 Å². The Bertz CT molecular complexity index is 950. The van der Waals surface area contributed by atoms with Gasteiger partial charge in [0, 0.05) is 50.9 Å². The van der Waals surface area contributed by atoms with E-state index in [0.29, 0.717) is 32.8 Å². The van der Waals surface area contributed by atoms with Gasteiger partial charge in [0.15, 0.2) is 0 Å². The summed E-state index contributed by atoms with van der Waals surface area (Å²) >= 11 is 0. The Kier molecular flexibility index (Phi) is 6.91. The number of carbonyl (C=O) groups is 1. The third-order valence-corrected chi connectivity index (χ3v) is 5.56. The smallest absolute Gasteiger partial charge is 0.264 e. The molecule has 0 aliphatic carbocycles. The summed E-state index contributed by atoms with van der Waals surface area (Å²) in [7, 11) is 1.69. The van der Waals surface area contributed by atoms with Crippen molar-refractivity contribution >= 4 is 17.8 Å². The lowest BCUT2D eigenvalue weighted by atomic mass is 10.1. The Balaban J connectivity index is 1.74. The average molecular weight is 408 g/mol. The van der Waals surface area contributed by atoms with Gasteiger partial charge in [-0.2, -0.15) is 5.26 Å². The first-order valence-electron chi connectivity index (χ1n) is 10.2. The maximum absolute atomic E-state index is 13.0. The summed E-state index contributed by atoms with van der Waals surface area (Å²) < 4.78 is 7.46. The van der Waals surface area contributed by atoms with E-state index < -0.39 is 0 Å². The Labute approximate surface area is 178 Å². The van der Waals surface area contributed by atoms with Crippen LogP contribution in [0.4, 0.5) is 5.82 Å². The molecule has 0 saturated carbocycles. The molecule has 3 rings (SSSR count). The van der Waals surface area contributed by atoms with Crippen LogP contribution in [0.3, 0.4) is 0 Å². The number of carbonyl (C=O) groups excluding carboxylic acids is 1. The molecule has 1 fully saturated rings. The highest BCUT2D eigenvalue weighted by Crippen LogP contribution is 2.23. The van der Waals surface area contributed by atoms with Gasteiger partial charge in [0.2, 0.25) is 0 Å². The maximum Gasteiger partial charge on any atom is 0.264 e. The van der Waals surface area contributed by atoms with Gasteiger partial charge in [-0.1, -0.05) is 6.07 Å². The van der Waals surface area contributed by atoms with E-state index in [1.807, 2.05) is 38.1 Å². The van der Waals surface area contributed by atoms with Crippen LogP contribution in [-0.2, 0) is 9.53 Å². The van der Waals surface area contributed by atoms with Gasteiger partial charge >= 0.3 is 0 Å². The minimum atomic E-state index is -0.215. The predicted octanol–water partition coefficient (Wildman–Crippen LogP) is 2.96. The van der Waals surface area contributed by atoms with Gasteiger partial charge in [-0.25, -0.2) is 4.98 Å². The SMILES string of the molecule is COCC(C)n1c(C)cc(/C=C(/C#N)C(=O)N2CCN(c3ccccn3)CC2)c1C. The highest BCUT2D eigenvalue weighted by Gasteiger charge is 2.25. The number of hydrogen-bond donors (Lipinski definition) is 0. The van der Waals surface area contributed by atoms with Crippen molar-refractivity contribution in [2.45, 2.75) is 26.8 Å². The lowest BCUT2D eigenvalue weighted by Crippen LogP contribution is -2.49. The second-order valence-corrected chi connectivity index (χ2v) is 7.64. The van der Waals surface area contributed by atoms with Crippen LogP contribution in [0, 0.1) is 25.2 Å². The lowest BCUT2D eigenvalue weighted by molar-refractivity contribution is -0.126. The molecule has 1 atom stereocenters. The van der Waals surface area contributed by atoms with Crippen molar-refractivity contribution in [1.29, 1.82) is 5.26 Å². The topological polar surface area (TPSA) is 74.4 Å². The van der Waals surface area contributed by atoms with E-state index >= 15 is 0 Å². The Hall–Kier alpha value is -3.11. The van der Waals surface area contributed by atoms with Crippen molar-refractivity contribution in [1.82, 2.24) is 14.5 Å². The number of ether oxygens (including phenoxy) is 1. The van der Waals surface area contributed by atoms with Crippen molar-refractivity contribution < 1.29 is 9.53 Å². The van der Waals surface area contributed by atoms with E-state index in [2.05, 4.69) is 27.4 Å². The number of nitriles is 1. The number of aromatic nitrogens is 2. The first-order valence-corrected chi connectivity index (χ1v) is 10.2. The molecule has 2 aromatic heterocycles. The number of aryl methyl sites for hydroxylation is 1. The normalized spacial score (nSPS) is 15.8. The fourth-order valence-corrected chi connectivity index (χ4v) is 4.09. The van der Waals surface area contributed by atoms with Crippen LogP contribution in [0.15, 0.2) is 36.0 Å². The van der Waals surface area contributed by atoms with Crippen LogP contribution in [0.1, 0.15) is 29.9 Å². The molecule has 2 aromatic rings. The van der Waals surface area contributed by atoms with Gasteiger partial charge < -0.3 is 19.1 Å². The van der Waals surface area contributed by atoms with Crippen LogP contribution in [0.25, 0.3) is 6.08 Å². The molecule has 0 spiro atoms. The van der Waals surface area contributed by atoms with E-state index in [9.17, 15) is 10.1 Å². The number of rotatable bonds is 6. The standard InChI is InChI=1S/C23H29N5O2/c1-17-13-20(19(3)28(17)18(2)16-30-4)14-21(15-24)23(29)27-11-9-26(10-12-27)22-7-5-6-8-25-22/h5-8,13-14,18H,9-12,16H2,1-4H3/b21-14-. The highest BCUT2D eigenvalue weighted by molar-refractivity contribution is 6.02. The third kappa shape index (κ3) is 4.55. The Morgan fingerprint density at radius 2 is 2.03 bits per heavy atom. The van der Waals surface area contributed by atoms with Crippen molar-refractivity contribution in [2.24, 2.45) is 0 Å². The summed E-state index contributed by atoms with van der Waals surface area (Å²) in [5.74, 6) is 0.700. The number of pyridine rings is 1. The molecular formula is C23H29N5O2. The fraction of sp³-hybridized carbons (Fsp3) is 0.435. The number of anilines is 1. The molecule has 1 aliphatic rings. The van der Waals surface area contributed by atoms with Crippen molar-refractivity contribution in [2.75, 3.05) is 44.8 Å². The van der Waals surface area contributed by atoms with Gasteiger partial charge in [0.25, 0.3) is 5.91 Å². The number of hydrogen-bond acceptors (Lipinski definition) is 5. The molecule has 7 heteroatoms. The van der Waals surface area contributed by atoms with Gasteiger partial charge in [-0.05, 0) is 50.6 Å². The molecule has 0 aromatic carbocycles. The fourth-order valence-electron chi connectivity index (χ4n) is 4.09. The van der Waals surface area contributed by atoms with Gasteiger partial charge in [-0.15, -0.1) is 0 Å². The minimum Gasteiger partial charge on any atom is -0.383 e. The quantitative estimate of drug-likeness (QED) is 0.544. The second-order valence-electron chi connectivity index (χ2n) is 7.64. The van der Waals surface area contributed by atoms with Crippen LogP contribution < -0.4 is 4.90 Å². The third-order valence-electron chi connectivity index (χ3n) is 5.56. The summed E-state index contributed by atoms with van der Waals surface area (Å²) in [6, 6.07) is 10.1. The number of piperazine rings is 1. The van der Waals surface area contributed by atoms with Gasteiger partial charge in [0.05, 0.1) is 12.6 Å². The van der Waals surface area contributed by atoms with Crippen molar-refractivity contribution in [3.05, 3.63) is 53.0 Å². The zero-order valence-electron chi connectivity index (χ0n) is 18.1. The largest absolute Gasteiger partial charge is 0.383 e. The lowest BCUT2D eigenvalue weighted by Gasteiger charge is -2.35. The molecular weight excluding hydrogens is 378 g/mol. The summed E-state index contributed by atoms with van der Waals surface area (Å²) in [5.41, 5.74) is 3.17. The monoisotopic (exact) mass is 407 g/mol. The molecule has 30 heavy (non-hydrogen) atoms. The van der Waals surface area contributed by atoms with Crippen LogP contribution in [0.5, 0.6) is 0 Å². The van der Waals surface area contributed by atoms with Crippen LogP contribution in [0.2, 0.25) is 0 Å². The first kappa shape index (κ1) is 21.6. The predicted molar refractivity (Wildman–Crippen MR) is 117 cm³/mol. The zero-order chi connectivity index (χ0) is 21.7. The molecule has 1 amide bonds. The maximum atomic E-state index is 13.0. The second kappa shape index (κ2) is 9.59. The number of amides is 1. The zero-order valence-corrected chi connectivity index (χ0v) is 18.1. The molecule has 1 saturated heterocycles. The van der Waals surface area contributed by atoms with Crippen LogP contribution in [-0.4, -0.2) is 60.3 Å². The summed E-state index contributed by atoms with van der Waals surface area (Å²) in [4.78, 5) is 21.3. The molecule has 0 N–H and O–H groups in total. The van der Waals surface area contributed by atoms with Gasteiger partial charge in [0.1, 0.15) is 17.5 Å². The summed E-state index contributed by atoms with van der Waals surface area (Å²) in [6.45, 7) is 9.27. The molecule has 1 aliphatic heterocycles. The van der Waals surface area contributed by atoms with Crippen molar-refractivity contribution in [3.8, 4) is 6.07 Å². The molecule has 0 bridgehead atoms. The summed E-state index contributed by atoms with van der Waals surface area (Å²) in [6.07, 6.45) is 3.49. The number of nitrogens with zero attached hydrogens (tertiary/aromatic N) is 5.